The van der Waals surface area contributed by atoms with Crippen molar-refractivity contribution in [2.75, 3.05) is 13.1 Å². The van der Waals surface area contributed by atoms with Gasteiger partial charge >= 0.3 is 6.36 Å². The van der Waals surface area contributed by atoms with Crippen molar-refractivity contribution >= 4 is 0 Å². The quantitative estimate of drug-likeness (QED) is 0.335. The number of quaternary nitrogens is 1. The van der Waals surface area contributed by atoms with Gasteiger partial charge in [-0.05, 0) is 5.53 Å². The van der Waals surface area contributed by atoms with Crippen molar-refractivity contribution in [2.24, 2.45) is 5.11 Å². The number of hydrogen-bond donors (Lipinski definition) is 1. The molecule has 0 unspecified atom stereocenters. The molecule has 1 rings (SSSR count). The van der Waals surface area contributed by atoms with Crippen molar-refractivity contribution in [1.82, 2.24) is 0 Å². The lowest BCUT2D eigenvalue weighted by Crippen LogP contribution is -3.00. The Balaban J connectivity index is 0.00000196. The molecule has 0 aromatic heterocycles. The Bertz CT molecular complexity index is 243. The van der Waals surface area contributed by atoms with Crippen LogP contribution in [0.15, 0.2) is 5.11 Å². The number of rotatable bonds is 3. The number of hydrogen-bond acceptors (Lipinski definition) is 2. The Kier molecular flexibility index (Phi) is 5.74. The number of ether oxygens (including phenoxy) is 1. The van der Waals surface area contributed by atoms with E-state index in [1.165, 1.54) is 0 Å². The number of halogens is 4. The van der Waals surface area contributed by atoms with Gasteiger partial charge in [0.2, 0.25) is 0 Å². The molecular formula is C6H10ClF3N4O. The number of nitrogens with two attached hydrogens (primary N) is 1. The Morgan fingerprint density at radius 3 is 2.73 bits per heavy atom. The SMILES string of the molecule is [Cl-].[N-]=[N+]=NC[C@@H]1C[C@@H](OC(F)(F)F)C[NH2+]1. The first-order valence-electron chi connectivity index (χ1n) is 4.10. The normalized spacial score (nSPS) is 25.5. The summed E-state index contributed by atoms with van der Waals surface area (Å²) in [5, 5.41) is 5.00. The van der Waals surface area contributed by atoms with E-state index in [9.17, 15) is 13.2 Å². The molecule has 15 heavy (non-hydrogen) atoms. The molecule has 2 atom stereocenters. The topological polar surface area (TPSA) is 74.6 Å². The van der Waals surface area contributed by atoms with Crippen LogP contribution in [0, 0.1) is 0 Å². The van der Waals surface area contributed by atoms with E-state index >= 15 is 0 Å². The third kappa shape index (κ3) is 5.68. The highest BCUT2D eigenvalue weighted by molar-refractivity contribution is 4.71. The summed E-state index contributed by atoms with van der Waals surface area (Å²) in [5.74, 6) is 0. The maximum absolute atomic E-state index is 11.8. The van der Waals surface area contributed by atoms with Crippen molar-refractivity contribution < 1.29 is 35.6 Å². The van der Waals surface area contributed by atoms with Crippen molar-refractivity contribution in [1.29, 1.82) is 0 Å². The van der Waals surface area contributed by atoms with Crippen LogP contribution in [0.25, 0.3) is 10.4 Å². The summed E-state index contributed by atoms with van der Waals surface area (Å²) in [6, 6.07) is -0.0988. The fraction of sp³-hybridized carbons (Fsp3) is 1.00. The van der Waals surface area contributed by atoms with Crippen LogP contribution in [-0.2, 0) is 4.74 Å². The van der Waals surface area contributed by atoms with Crippen molar-refractivity contribution in [3.05, 3.63) is 10.4 Å². The average molecular weight is 247 g/mol. The molecule has 0 aromatic carbocycles. The smallest absolute Gasteiger partial charge is 0.522 e. The molecule has 0 spiro atoms. The summed E-state index contributed by atoms with van der Waals surface area (Å²) in [6.07, 6.45) is -5.14. The van der Waals surface area contributed by atoms with Gasteiger partial charge in [-0.25, -0.2) is 0 Å². The minimum Gasteiger partial charge on any atom is -1.00 e. The maximum atomic E-state index is 11.8. The number of alkyl halides is 3. The molecule has 1 aliphatic heterocycles. The molecule has 0 aliphatic carbocycles. The van der Waals surface area contributed by atoms with E-state index in [4.69, 9.17) is 5.53 Å². The molecule has 1 saturated heterocycles. The van der Waals surface area contributed by atoms with Crippen LogP contribution < -0.4 is 17.7 Å². The minimum absolute atomic E-state index is 0. The summed E-state index contributed by atoms with van der Waals surface area (Å²) in [6.45, 7) is 0.458. The van der Waals surface area contributed by atoms with E-state index in [1.54, 1.807) is 5.32 Å². The molecule has 9 heteroatoms. The third-order valence-electron chi connectivity index (χ3n) is 1.98. The van der Waals surface area contributed by atoms with Gasteiger partial charge in [-0.3, -0.25) is 4.74 Å². The largest absolute Gasteiger partial charge is 1.00 e. The van der Waals surface area contributed by atoms with Gasteiger partial charge in [-0.2, -0.15) is 0 Å². The zero-order chi connectivity index (χ0) is 10.6. The van der Waals surface area contributed by atoms with Gasteiger partial charge < -0.3 is 17.7 Å². The molecule has 0 radical (unpaired) electrons. The van der Waals surface area contributed by atoms with Crippen LogP contribution in [0.1, 0.15) is 6.42 Å². The summed E-state index contributed by atoms with van der Waals surface area (Å²) in [7, 11) is 0. The Morgan fingerprint density at radius 2 is 2.20 bits per heavy atom. The van der Waals surface area contributed by atoms with E-state index in [0.29, 0.717) is 0 Å². The van der Waals surface area contributed by atoms with Gasteiger partial charge in [-0.1, -0.05) is 5.11 Å². The molecule has 2 N–H and O–H groups in total. The fourth-order valence-electron chi connectivity index (χ4n) is 1.45. The fourth-order valence-corrected chi connectivity index (χ4v) is 1.45. The molecule has 88 valence electrons. The van der Waals surface area contributed by atoms with E-state index in [1.807, 2.05) is 0 Å². The second kappa shape index (κ2) is 6.02. The second-order valence-electron chi connectivity index (χ2n) is 3.07. The van der Waals surface area contributed by atoms with Crippen LogP contribution in [0.4, 0.5) is 13.2 Å². The van der Waals surface area contributed by atoms with Gasteiger partial charge in [0.1, 0.15) is 12.6 Å². The van der Waals surface area contributed by atoms with Crippen molar-refractivity contribution in [3.8, 4) is 0 Å². The summed E-state index contributed by atoms with van der Waals surface area (Å²) in [4.78, 5) is 2.54. The van der Waals surface area contributed by atoms with E-state index < -0.39 is 12.5 Å². The highest BCUT2D eigenvalue weighted by atomic mass is 35.5. The lowest BCUT2D eigenvalue weighted by Gasteiger charge is -2.10. The third-order valence-corrected chi connectivity index (χ3v) is 1.98. The zero-order valence-corrected chi connectivity index (χ0v) is 8.37. The van der Waals surface area contributed by atoms with Crippen LogP contribution >= 0.6 is 0 Å². The molecule has 1 aliphatic rings. The predicted molar refractivity (Wildman–Crippen MR) is 40.1 cm³/mol. The Hall–Kier alpha value is -0.690. The maximum Gasteiger partial charge on any atom is 0.522 e. The molecule has 5 nitrogen and oxygen atoms in total. The number of azide groups is 1. The predicted octanol–water partition coefficient (Wildman–Crippen LogP) is -2.46. The first-order valence-corrected chi connectivity index (χ1v) is 4.10. The van der Waals surface area contributed by atoms with E-state index in [0.717, 1.165) is 0 Å². The minimum atomic E-state index is -4.58. The molecule has 0 bridgehead atoms. The summed E-state index contributed by atoms with van der Waals surface area (Å²) < 4.78 is 39.1. The van der Waals surface area contributed by atoms with Crippen LogP contribution in [0.5, 0.6) is 0 Å². The standard InChI is InChI=1S/C6H9F3N4O.ClH/c7-6(8,9)14-5-1-4(11-3-5)2-12-13-10;/h4-5,11H,1-3H2;1H/t4-,5+;/m0./s1. The first kappa shape index (κ1) is 14.3. The highest BCUT2D eigenvalue weighted by Gasteiger charge is 2.38. The van der Waals surface area contributed by atoms with Crippen molar-refractivity contribution in [2.45, 2.75) is 24.9 Å². The number of nitrogens with zero attached hydrogens (tertiary/aromatic N) is 3. The molecule has 1 heterocycles. The van der Waals surface area contributed by atoms with Gasteiger partial charge in [0, 0.05) is 11.3 Å². The lowest BCUT2D eigenvalue weighted by molar-refractivity contribution is -0.670. The second-order valence-corrected chi connectivity index (χ2v) is 3.07. The van der Waals surface area contributed by atoms with Gasteiger partial charge in [-0.15, -0.1) is 13.2 Å². The highest BCUT2D eigenvalue weighted by Crippen LogP contribution is 2.21. The molecule has 0 saturated carbocycles. The van der Waals surface area contributed by atoms with Gasteiger partial charge in [0.15, 0.2) is 0 Å². The molecular weight excluding hydrogens is 237 g/mol. The summed E-state index contributed by atoms with van der Waals surface area (Å²) >= 11 is 0. The van der Waals surface area contributed by atoms with Crippen LogP contribution in [0.2, 0.25) is 0 Å². The average Bonchev–Trinajstić information content (AvgIpc) is 2.46. The molecule has 0 aromatic rings. The molecule has 0 amide bonds. The Morgan fingerprint density at radius 1 is 1.53 bits per heavy atom. The summed E-state index contributed by atoms with van der Waals surface area (Å²) in [5.41, 5.74) is 8.01. The van der Waals surface area contributed by atoms with Crippen molar-refractivity contribution in [3.63, 3.8) is 0 Å². The van der Waals surface area contributed by atoms with Gasteiger partial charge in [0.25, 0.3) is 0 Å². The van der Waals surface area contributed by atoms with Gasteiger partial charge in [0.05, 0.1) is 12.6 Å². The lowest BCUT2D eigenvalue weighted by atomic mass is 10.2. The van der Waals surface area contributed by atoms with Crippen LogP contribution in [0.3, 0.4) is 0 Å². The van der Waals surface area contributed by atoms with Crippen LogP contribution in [-0.4, -0.2) is 31.6 Å². The van der Waals surface area contributed by atoms with E-state index in [2.05, 4.69) is 14.8 Å². The zero-order valence-electron chi connectivity index (χ0n) is 7.62. The first-order chi connectivity index (χ1) is 6.51. The Labute approximate surface area is 90.0 Å². The molecule has 1 fully saturated rings. The van der Waals surface area contributed by atoms with E-state index in [-0.39, 0.29) is 38.0 Å². The monoisotopic (exact) mass is 246 g/mol.